The SMILES string of the molecule is CC1(C)CC(c2noc(-c3ccc(N4CCCC4=O)cc3)n2)CCO1. The van der Waals surface area contributed by atoms with Gasteiger partial charge in [-0.2, -0.15) is 4.98 Å². The van der Waals surface area contributed by atoms with Crippen LogP contribution in [0.3, 0.4) is 0 Å². The number of anilines is 1. The zero-order chi connectivity index (χ0) is 17.4. The monoisotopic (exact) mass is 341 g/mol. The fourth-order valence-corrected chi connectivity index (χ4v) is 3.68. The number of hydrogen-bond donors (Lipinski definition) is 0. The largest absolute Gasteiger partial charge is 0.376 e. The highest BCUT2D eigenvalue weighted by atomic mass is 16.5. The van der Waals surface area contributed by atoms with Crippen LogP contribution in [0.25, 0.3) is 11.5 Å². The lowest BCUT2D eigenvalue weighted by molar-refractivity contribution is -0.117. The van der Waals surface area contributed by atoms with Crippen LogP contribution in [0.5, 0.6) is 0 Å². The van der Waals surface area contributed by atoms with Crippen molar-refractivity contribution < 1.29 is 14.1 Å². The summed E-state index contributed by atoms with van der Waals surface area (Å²) in [5.74, 6) is 1.74. The first-order valence-corrected chi connectivity index (χ1v) is 8.90. The molecule has 1 atom stereocenters. The molecule has 0 spiro atoms. The second kappa shape index (κ2) is 6.26. The van der Waals surface area contributed by atoms with E-state index in [1.165, 1.54) is 0 Å². The number of aromatic nitrogens is 2. The van der Waals surface area contributed by atoms with Crippen molar-refractivity contribution in [2.45, 2.75) is 51.0 Å². The lowest BCUT2D eigenvalue weighted by atomic mass is 9.88. The number of hydrogen-bond acceptors (Lipinski definition) is 5. The highest BCUT2D eigenvalue weighted by Gasteiger charge is 2.32. The van der Waals surface area contributed by atoms with Crippen LogP contribution < -0.4 is 4.90 Å². The van der Waals surface area contributed by atoms with Crippen LogP contribution in [-0.4, -0.2) is 34.8 Å². The Balaban J connectivity index is 1.51. The summed E-state index contributed by atoms with van der Waals surface area (Å²) in [6.07, 6.45) is 3.37. The lowest BCUT2D eigenvalue weighted by Crippen LogP contribution is -2.33. The molecule has 2 aliphatic heterocycles. The minimum atomic E-state index is -0.145. The van der Waals surface area contributed by atoms with Gasteiger partial charge in [-0.15, -0.1) is 0 Å². The third kappa shape index (κ3) is 3.31. The number of ether oxygens (including phenoxy) is 1. The van der Waals surface area contributed by atoms with E-state index in [0.717, 1.165) is 49.5 Å². The topological polar surface area (TPSA) is 68.5 Å². The molecule has 4 rings (SSSR count). The van der Waals surface area contributed by atoms with Crippen molar-refractivity contribution in [2.24, 2.45) is 0 Å². The molecule has 1 unspecified atom stereocenters. The van der Waals surface area contributed by atoms with Crippen molar-refractivity contribution in [3.05, 3.63) is 30.1 Å². The zero-order valence-electron chi connectivity index (χ0n) is 14.7. The predicted octanol–water partition coefficient (Wildman–Crippen LogP) is 3.54. The normalized spacial score (nSPS) is 23.2. The molecule has 3 heterocycles. The van der Waals surface area contributed by atoms with Gasteiger partial charge in [-0.05, 0) is 57.4 Å². The maximum Gasteiger partial charge on any atom is 0.257 e. The minimum Gasteiger partial charge on any atom is -0.376 e. The maximum absolute atomic E-state index is 11.8. The average molecular weight is 341 g/mol. The average Bonchev–Trinajstić information content (AvgIpc) is 3.23. The number of nitrogens with zero attached hydrogens (tertiary/aromatic N) is 3. The number of carbonyl (C=O) groups is 1. The Bertz CT molecular complexity index is 766. The second-order valence-corrected chi connectivity index (χ2v) is 7.45. The van der Waals surface area contributed by atoms with Crippen LogP contribution in [0.15, 0.2) is 28.8 Å². The number of carbonyl (C=O) groups excluding carboxylic acids is 1. The van der Waals surface area contributed by atoms with E-state index in [9.17, 15) is 4.79 Å². The Morgan fingerprint density at radius 2 is 2.04 bits per heavy atom. The molecular weight excluding hydrogens is 318 g/mol. The van der Waals surface area contributed by atoms with E-state index in [1.807, 2.05) is 29.2 Å². The number of benzene rings is 1. The molecular formula is C19H23N3O3. The smallest absolute Gasteiger partial charge is 0.257 e. The van der Waals surface area contributed by atoms with Crippen LogP contribution in [-0.2, 0) is 9.53 Å². The Labute approximate surface area is 147 Å². The van der Waals surface area contributed by atoms with Crippen LogP contribution in [0, 0.1) is 0 Å². The van der Waals surface area contributed by atoms with E-state index in [0.29, 0.717) is 12.3 Å². The molecule has 2 aromatic rings. The Hall–Kier alpha value is -2.21. The van der Waals surface area contributed by atoms with Crippen molar-refractivity contribution >= 4 is 11.6 Å². The molecule has 6 nitrogen and oxygen atoms in total. The molecule has 1 amide bonds. The van der Waals surface area contributed by atoms with Gasteiger partial charge in [-0.25, -0.2) is 0 Å². The van der Waals surface area contributed by atoms with Gasteiger partial charge in [0.15, 0.2) is 5.82 Å². The van der Waals surface area contributed by atoms with Gasteiger partial charge in [0, 0.05) is 36.7 Å². The van der Waals surface area contributed by atoms with Crippen molar-refractivity contribution in [3.63, 3.8) is 0 Å². The summed E-state index contributed by atoms with van der Waals surface area (Å²) >= 11 is 0. The molecule has 1 aromatic carbocycles. The van der Waals surface area contributed by atoms with Gasteiger partial charge in [0.2, 0.25) is 5.91 Å². The van der Waals surface area contributed by atoms with E-state index in [2.05, 4.69) is 24.0 Å². The van der Waals surface area contributed by atoms with E-state index in [4.69, 9.17) is 9.26 Å². The minimum absolute atomic E-state index is 0.145. The molecule has 0 saturated carbocycles. The predicted molar refractivity (Wildman–Crippen MR) is 93.3 cm³/mol. The van der Waals surface area contributed by atoms with Gasteiger partial charge in [-0.1, -0.05) is 5.16 Å². The summed E-state index contributed by atoms with van der Waals surface area (Å²) < 4.78 is 11.2. The molecule has 0 N–H and O–H groups in total. The number of amides is 1. The van der Waals surface area contributed by atoms with E-state index in [-0.39, 0.29) is 17.4 Å². The fraction of sp³-hybridized carbons (Fsp3) is 0.526. The first-order chi connectivity index (χ1) is 12.0. The van der Waals surface area contributed by atoms with Gasteiger partial charge >= 0.3 is 0 Å². The van der Waals surface area contributed by atoms with Crippen molar-refractivity contribution in [1.29, 1.82) is 0 Å². The van der Waals surface area contributed by atoms with E-state index in [1.54, 1.807) is 0 Å². The number of rotatable bonds is 3. The molecule has 25 heavy (non-hydrogen) atoms. The fourth-order valence-electron chi connectivity index (χ4n) is 3.68. The summed E-state index contributed by atoms with van der Waals surface area (Å²) in [6.45, 7) is 5.71. The Kier molecular flexibility index (Phi) is 4.07. The molecule has 2 saturated heterocycles. The molecule has 2 fully saturated rings. The third-order valence-electron chi connectivity index (χ3n) is 5.00. The van der Waals surface area contributed by atoms with Gasteiger partial charge < -0.3 is 14.2 Å². The van der Waals surface area contributed by atoms with Crippen LogP contribution in [0.2, 0.25) is 0 Å². The van der Waals surface area contributed by atoms with Crippen molar-refractivity contribution in [3.8, 4) is 11.5 Å². The Morgan fingerprint density at radius 3 is 2.72 bits per heavy atom. The van der Waals surface area contributed by atoms with Crippen molar-refractivity contribution in [1.82, 2.24) is 10.1 Å². The molecule has 0 aliphatic carbocycles. The standard InChI is InChI=1S/C19H23N3O3/c1-19(2)12-14(9-11-24-19)17-20-18(25-21-17)13-5-7-15(8-6-13)22-10-3-4-16(22)23/h5-8,14H,3-4,9-12H2,1-2H3. The quantitative estimate of drug-likeness (QED) is 0.854. The van der Waals surface area contributed by atoms with E-state index >= 15 is 0 Å². The maximum atomic E-state index is 11.8. The summed E-state index contributed by atoms with van der Waals surface area (Å²) in [4.78, 5) is 18.3. The van der Waals surface area contributed by atoms with Gasteiger partial charge in [0.25, 0.3) is 5.89 Å². The molecule has 132 valence electrons. The van der Waals surface area contributed by atoms with Crippen LogP contribution in [0.4, 0.5) is 5.69 Å². The summed E-state index contributed by atoms with van der Waals surface area (Å²) in [7, 11) is 0. The van der Waals surface area contributed by atoms with Gasteiger partial charge in [-0.3, -0.25) is 4.79 Å². The first kappa shape index (κ1) is 16.3. The Morgan fingerprint density at radius 1 is 1.24 bits per heavy atom. The third-order valence-corrected chi connectivity index (χ3v) is 5.00. The first-order valence-electron chi connectivity index (χ1n) is 8.90. The van der Waals surface area contributed by atoms with Crippen LogP contribution >= 0.6 is 0 Å². The highest BCUT2D eigenvalue weighted by Crippen LogP contribution is 2.35. The molecule has 6 heteroatoms. The van der Waals surface area contributed by atoms with Gasteiger partial charge in [0.1, 0.15) is 0 Å². The van der Waals surface area contributed by atoms with Crippen molar-refractivity contribution in [2.75, 3.05) is 18.1 Å². The van der Waals surface area contributed by atoms with Crippen LogP contribution in [0.1, 0.15) is 51.3 Å². The zero-order valence-corrected chi connectivity index (χ0v) is 14.7. The summed E-state index contributed by atoms with van der Waals surface area (Å²) in [6, 6.07) is 7.76. The molecule has 2 aliphatic rings. The highest BCUT2D eigenvalue weighted by molar-refractivity contribution is 5.95. The molecule has 0 bridgehead atoms. The summed E-state index contributed by atoms with van der Waals surface area (Å²) in [5, 5.41) is 4.19. The lowest BCUT2D eigenvalue weighted by Gasteiger charge is -2.34. The summed E-state index contributed by atoms with van der Waals surface area (Å²) in [5.41, 5.74) is 1.66. The molecule has 0 radical (unpaired) electrons. The second-order valence-electron chi connectivity index (χ2n) is 7.45. The van der Waals surface area contributed by atoms with Gasteiger partial charge in [0.05, 0.1) is 5.60 Å². The van der Waals surface area contributed by atoms with E-state index < -0.39 is 0 Å². The molecule has 1 aromatic heterocycles.